The summed E-state index contributed by atoms with van der Waals surface area (Å²) in [6, 6.07) is 6.02. The second kappa shape index (κ2) is 3.84. The van der Waals surface area contributed by atoms with Gasteiger partial charge < -0.3 is 5.73 Å². The third-order valence-corrected chi connectivity index (χ3v) is 2.39. The fourth-order valence-corrected chi connectivity index (χ4v) is 1.53. The molecule has 72 valence electrons. The number of nitrogens with one attached hydrogen (secondary N) is 1. The fourth-order valence-electron chi connectivity index (χ4n) is 1.34. The first kappa shape index (κ1) is 9.27. The van der Waals surface area contributed by atoms with Crippen molar-refractivity contribution in [3.8, 4) is 0 Å². The summed E-state index contributed by atoms with van der Waals surface area (Å²) in [4.78, 5) is 0. The smallest absolute Gasteiger partial charge is 0.153 e. The van der Waals surface area contributed by atoms with E-state index in [-0.39, 0.29) is 0 Å². The van der Waals surface area contributed by atoms with Crippen molar-refractivity contribution in [3.05, 3.63) is 29.8 Å². The Balaban J connectivity index is 2.47. The van der Waals surface area contributed by atoms with Gasteiger partial charge in [0.1, 0.15) is 0 Å². The maximum Gasteiger partial charge on any atom is 0.153 e. The number of rotatable bonds is 2. The molecule has 0 spiro atoms. The predicted octanol–water partition coefficient (Wildman–Crippen LogP) is 2.55. The van der Waals surface area contributed by atoms with Crippen LogP contribution in [0.3, 0.4) is 0 Å². The number of benzene rings is 1. The van der Waals surface area contributed by atoms with E-state index in [4.69, 9.17) is 5.73 Å². The number of hydrogen-bond donors (Lipinski definition) is 2. The highest BCUT2D eigenvalue weighted by Gasteiger charge is 2.00. The first-order valence-electron chi connectivity index (χ1n) is 4.27. The van der Waals surface area contributed by atoms with Crippen molar-refractivity contribution in [2.24, 2.45) is 0 Å². The number of aromatic amines is 1. The molecule has 0 radical (unpaired) electrons. The summed E-state index contributed by atoms with van der Waals surface area (Å²) < 4.78 is 0. The molecule has 0 bridgehead atoms. The van der Waals surface area contributed by atoms with E-state index in [1.54, 1.807) is 0 Å². The van der Waals surface area contributed by atoms with E-state index in [0.29, 0.717) is 5.82 Å². The van der Waals surface area contributed by atoms with Crippen molar-refractivity contribution in [2.75, 3.05) is 11.1 Å². The number of nitrogens with zero attached hydrogens (tertiary/aromatic N) is 1. The molecule has 2 rings (SSSR count). The number of nitrogens with two attached hydrogens (primary N) is 1. The van der Waals surface area contributed by atoms with E-state index < -0.39 is 0 Å². The van der Waals surface area contributed by atoms with E-state index in [1.165, 1.54) is 0 Å². The molecule has 0 amide bonds. The highest BCUT2D eigenvalue weighted by molar-refractivity contribution is 9.09. The number of halogens is 1. The molecule has 4 heteroatoms. The SMILES string of the molecule is Nc1n[nH]c2cc(C=CCBr)ccc12. The van der Waals surface area contributed by atoms with Gasteiger partial charge in [0.15, 0.2) is 5.82 Å². The molecule has 0 fully saturated rings. The van der Waals surface area contributed by atoms with E-state index >= 15 is 0 Å². The van der Waals surface area contributed by atoms with Gasteiger partial charge in [-0.2, -0.15) is 5.10 Å². The third-order valence-electron chi connectivity index (χ3n) is 2.02. The van der Waals surface area contributed by atoms with Crippen molar-refractivity contribution in [2.45, 2.75) is 0 Å². The number of allylic oxidation sites excluding steroid dienone is 1. The second-order valence-electron chi connectivity index (χ2n) is 2.97. The molecule has 1 heterocycles. The van der Waals surface area contributed by atoms with E-state index in [0.717, 1.165) is 21.8 Å². The van der Waals surface area contributed by atoms with Gasteiger partial charge in [0.25, 0.3) is 0 Å². The van der Waals surface area contributed by atoms with Crippen LogP contribution in [0.25, 0.3) is 17.0 Å². The molecule has 14 heavy (non-hydrogen) atoms. The quantitative estimate of drug-likeness (QED) is 0.807. The molecule has 3 N–H and O–H groups in total. The first-order chi connectivity index (χ1) is 6.81. The minimum Gasteiger partial charge on any atom is -0.382 e. The molecule has 0 aliphatic carbocycles. The summed E-state index contributed by atoms with van der Waals surface area (Å²) in [5, 5.41) is 8.65. The molecule has 0 atom stereocenters. The van der Waals surface area contributed by atoms with Gasteiger partial charge in [-0.3, -0.25) is 5.10 Å². The lowest BCUT2D eigenvalue weighted by Crippen LogP contribution is -1.83. The monoisotopic (exact) mass is 251 g/mol. The minimum absolute atomic E-state index is 0.552. The predicted molar refractivity (Wildman–Crippen MR) is 63.3 cm³/mol. The van der Waals surface area contributed by atoms with E-state index in [2.05, 4.69) is 26.1 Å². The number of alkyl halides is 1. The van der Waals surface area contributed by atoms with Crippen molar-refractivity contribution in [3.63, 3.8) is 0 Å². The first-order valence-corrected chi connectivity index (χ1v) is 5.39. The number of aromatic nitrogens is 2. The topological polar surface area (TPSA) is 54.7 Å². The molecule has 3 nitrogen and oxygen atoms in total. The number of anilines is 1. The Hall–Kier alpha value is -1.29. The number of nitrogen functional groups attached to an aromatic ring is 1. The Morgan fingerprint density at radius 3 is 3.14 bits per heavy atom. The van der Waals surface area contributed by atoms with Crippen molar-refractivity contribution in [1.29, 1.82) is 0 Å². The van der Waals surface area contributed by atoms with Crippen LogP contribution in [0, 0.1) is 0 Å². The highest BCUT2D eigenvalue weighted by atomic mass is 79.9. The lowest BCUT2D eigenvalue weighted by Gasteiger charge is -1.93. The maximum atomic E-state index is 5.66. The number of hydrogen-bond acceptors (Lipinski definition) is 2. The van der Waals surface area contributed by atoms with Gasteiger partial charge in [-0.05, 0) is 17.7 Å². The van der Waals surface area contributed by atoms with Gasteiger partial charge in [0, 0.05) is 10.7 Å². The van der Waals surface area contributed by atoms with Crippen LogP contribution in [0.15, 0.2) is 24.3 Å². The molecular formula is C10H10BrN3. The van der Waals surface area contributed by atoms with Gasteiger partial charge in [-0.15, -0.1) is 0 Å². The molecule has 2 aromatic rings. The molecule has 0 saturated heterocycles. The average Bonchev–Trinajstić information content (AvgIpc) is 2.57. The zero-order chi connectivity index (χ0) is 9.97. The van der Waals surface area contributed by atoms with Crippen LogP contribution in [-0.4, -0.2) is 15.5 Å². The van der Waals surface area contributed by atoms with Gasteiger partial charge >= 0.3 is 0 Å². The Labute approximate surface area is 90.1 Å². The van der Waals surface area contributed by atoms with Gasteiger partial charge in [-0.1, -0.05) is 34.1 Å². The van der Waals surface area contributed by atoms with Gasteiger partial charge in [0.2, 0.25) is 0 Å². The Kier molecular flexibility index (Phi) is 2.54. The molecule has 0 aliphatic heterocycles. The Morgan fingerprint density at radius 2 is 2.36 bits per heavy atom. The molecule has 1 aromatic heterocycles. The van der Waals surface area contributed by atoms with E-state index in [1.807, 2.05) is 30.4 Å². The second-order valence-corrected chi connectivity index (χ2v) is 3.62. The fraction of sp³-hybridized carbons (Fsp3) is 0.100. The van der Waals surface area contributed by atoms with Crippen LogP contribution >= 0.6 is 15.9 Å². The minimum atomic E-state index is 0.552. The Morgan fingerprint density at radius 1 is 1.50 bits per heavy atom. The van der Waals surface area contributed by atoms with Gasteiger partial charge in [0.05, 0.1) is 5.52 Å². The summed E-state index contributed by atoms with van der Waals surface area (Å²) in [6.45, 7) is 0. The van der Waals surface area contributed by atoms with E-state index in [9.17, 15) is 0 Å². The van der Waals surface area contributed by atoms with Crippen LogP contribution in [-0.2, 0) is 0 Å². The van der Waals surface area contributed by atoms with Crippen molar-refractivity contribution in [1.82, 2.24) is 10.2 Å². The molecule has 0 aliphatic rings. The van der Waals surface area contributed by atoms with Crippen LogP contribution in [0.1, 0.15) is 5.56 Å². The van der Waals surface area contributed by atoms with Crippen LogP contribution in [0.4, 0.5) is 5.82 Å². The summed E-state index contributed by atoms with van der Waals surface area (Å²) in [5.41, 5.74) is 7.77. The number of H-pyrrole nitrogens is 1. The van der Waals surface area contributed by atoms with Gasteiger partial charge in [-0.25, -0.2) is 0 Å². The largest absolute Gasteiger partial charge is 0.382 e. The normalized spacial score (nSPS) is 11.5. The zero-order valence-corrected chi connectivity index (χ0v) is 9.08. The third kappa shape index (κ3) is 1.65. The van der Waals surface area contributed by atoms with Crippen LogP contribution in [0.5, 0.6) is 0 Å². The highest BCUT2D eigenvalue weighted by Crippen LogP contribution is 2.19. The average molecular weight is 252 g/mol. The zero-order valence-electron chi connectivity index (χ0n) is 7.50. The van der Waals surface area contributed by atoms with Crippen molar-refractivity contribution >= 4 is 38.7 Å². The lowest BCUT2D eigenvalue weighted by atomic mass is 10.1. The summed E-state index contributed by atoms with van der Waals surface area (Å²) >= 11 is 3.33. The lowest BCUT2D eigenvalue weighted by molar-refractivity contribution is 1.13. The molecule has 0 saturated carbocycles. The van der Waals surface area contributed by atoms with Crippen molar-refractivity contribution < 1.29 is 0 Å². The molecular weight excluding hydrogens is 242 g/mol. The van der Waals surface area contributed by atoms with Crippen LogP contribution < -0.4 is 5.73 Å². The number of fused-ring (bicyclic) bond motifs is 1. The van der Waals surface area contributed by atoms with Crippen LogP contribution in [0.2, 0.25) is 0 Å². The summed E-state index contributed by atoms with van der Waals surface area (Å²) in [6.07, 6.45) is 4.09. The Bertz CT molecular complexity index is 473. The standard InChI is InChI=1S/C10H10BrN3/c11-5-1-2-7-3-4-8-9(6-7)13-14-10(8)12/h1-4,6H,5H2,(H3,12,13,14). The molecule has 1 aromatic carbocycles. The molecule has 0 unspecified atom stereocenters. The summed E-state index contributed by atoms with van der Waals surface area (Å²) in [5.74, 6) is 0.552. The maximum absolute atomic E-state index is 5.66. The summed E-state index contributed by atoms with van der Waals surface area (Å²) in [7, 11) is 0.